The van der Waals surface area contributed by atoms with Gasteiger partial charge in [-0.1, -0.05) is 20.8 Å². The van der Waals surface area contributed by atoms with E-state index in [4.69, 9.17) is 10.7 Å². The van der Waals surface area contributed by atoms with Gasteiger partial charge in [-0.05, 0) is 31.6 Å². The van der Waals surface area contributed by atoms with Crippen molar-refractivity contribution in [1.29, 1.82) is 0 Å². The van der Waals surface area contributed by atoms with E-state index in [1.165, 1.54) is 6.42 Å². The number of rotatable bonds is 3. The summed E-state index contributed by atoms with van der Waals surface area (Å²) >= 11 is 0. The maximum absolute atomic E-state index is 5.93. The molecule has 1 aromatic rings. The van der Waals surface area contributed by atoms with Crippen molar-refractivity contribution < 1.29 is 0 Å². The molecule has 1 aliphatic rings. The van der Waals surface area contributed by atoms with Gasteiger partial charge in [0.2, 0.25) is 0 Å². The summed E-state index contributed by atoms with van der Waals surface area (Å²) in [7, 11) is 0. The first kappa shape index (κ1) is 14.1. The van der Waals surface area contributed by atoms with Gasteiger partial charge in [-0.25, -0.2) is 9.97 Å². The first-order valence-corrected chi connectivity index (χ1v) is 7.41. The fourth-order valence-electron chi connectivity index (χ4n) is 3.00. The molecule has 4 nitrogen and oxygen atoms in total. The number of nitrogen functional groups attached to an aromatic ring is 1. The van der Waals surface area contributed by atoms with Gasteiger partial charge >= 0.3 is 0 Å². The summed E-state index contributed by atoms with van der Waals surface area (Å²) in [5.74, 6) is 3.86. The average Bonchev–Trinajstić information content (AvgIpc) is 2.33. The summed E-state index contributed by atoms with van der Waals surface area (Å²) in [6, 6.07) is 2.43. The molecule has 1 aliphatic heterocycles. The van der Waals surface area contributed by atoms with E-state index in [1.54, 1.807) is 0 Å². The molecular weight excluding hydrogens is 236 g/mol. The van der Waals surface area contributed by atoms with Crippen LogP contribution in [-0.4, -0.2) is 22.6 Å². The van der Waals surface area contributed by atoms with Crippen molar-refractivity contribution in [3.63, 3.8) is 0 Å². The summed E-state index contributed by atoms with van der Waals surface area (Å²) in [5.41, 5.74) is 5.93. The lowest BCUT2D eigenvalue weighted by Gasteiger charge is -2.42. The molecule has 1 aromatic heterocycles. The zero-order valence-electron chi connectivity index (χ0n) is 12.6. The van der Waals surface area contributed by atoms with Gasteiger partial charge in [0.25, 0.3) is 0 Å². The number of anilines is 2. The van der Waals surface area contributed by atoms with Gasteiger partial charge in [-0.15, -0.1) is 0 Å². The third-order valence-electron chi connectivity index (χ3n) is 4.14. The maximum atomic E-state index is 5.93. The minimum atomic E-state index is 0.514. The largest absolute Gasteiger partial charge is 0.384 e. The van der Waals surface area contributed by atoms with Gasteiger partial charge in [0.1, 0.15) is 17.5 Å². The van der Waals surface area contributed by atoms with Crippen molar-refractivity contribution in [1.82, 2.24) is 9.97 Å². The zero-order chi connectivity index (χ0) is 14.0. The Morgan fingerprint density at radius 3 is 2.74 bits per heavy atom. The molecule has 4 heteroatoms. The quantitative estimate of drug-likeness (QED) is 0.910. The minimum Gasteiger partial charge on any atom is -0.384 e. The second-order valence-electron chi connectivity index (χ2n) is 6.03. The third-order valence-corrected chi connectivity index (χ3v) is 4.14. The lowest BCUT2D eigenvalue weighted by molar-refractivity contribution is 0.295. The summed E-state index contributed by atoms with van der Waals surface area (Å²) in [6.45, 7) is 10.1. The first-order valence-electron chi connectivity index (χ1n) is 7.41. The Bertz CT molecular complexity index is 432. The minimum absolute atomic E-state index is 0.514. The van der Waals surface area contributed by atoms with Gasteiger partial charge in [0.15, 0.2) is 0 Å². The Kier molecular flexibility index (Phi) is 4.27. The Morgan fingerprint density at radius 1 is 1.32 bits per heavy atom. The Hall–Kier alpha value is -1.32. The molecule has 106 valence electrons. The maximum Gasteiger partial charge on any atom is 0.134 e. The predicted molar refractivity (Wildman–Crippen MR) is 80.2 cm³/mol. The van der Waals surface area contributed by atoms with Crippen LogP contribution in [0.25, 0.3) is 0 Å². The molecule has 2 N–H and O–H groups in total. The Labute approximate surface area is 116 Å². The molecule has 3 unspecified atom stereocenters. The number of hydrogen-bond donors (Lipinski definition) is 1. The van der Waals surface area contributed by atoms with Crippen LogP contribution in [0.4, 0.5) is 11.6 Å². The lowest BCUT2D eigenvalue weighted by Crippen LogP contribution is -2.46. The highest BCUT2D eigenvalue weighted by atomic mass is 15.2. The summed E-state index contributed by atoms with van der Waals surface area (Å²) < 4.78 is 0. The van der Waals surface area contributed by atoms with Crippen LogP contribution in [0.5, 0.6) is 0 Å². The second kappa shape index (κ2) is 5.76. The van der Waals surface area contributed by atoms with E-state index in [0.29, 0.717) is 23.7 Å². The van der Waals surface area contributed by atoms with E-state index >= 15 is 0 Å². The van der Waals surface area contributed by atoms with Crippen molar-refractivity contribution in [2.45, 2.75) is 53.0 Å². The molecule has 2 rings (SSSR count). The van der Waals surface area contributed by atoms with Crippen LogP contribution < -0.4 is 10.6 Å². The van der Waals surface area contributed by atoms with E-state index in [1.807, 2.05) is 6.07 Å². The van der Waals surface area contributed by atoms with Gasteiger partial charge in [-0.2, -0.15) is 0 Å². The van der Waals surface area contributed by atoms with E-state index < -0.39 is 0 Å². The number of hydrogen-bond acceptors (Lipinski definition) is 4. The number of piperidine rings is 1. The van der Waals surface area contributed by atoms with Crippen molar-refractivity contribution in [2.75, 3.05) is 17.2 Å². The first-order chi connectivity index (χ1) is 9.01. The smallest absolute Gasteiger partial charge is 0.134 e. The molecule has 0 radical (unpaired) electrons. The molecule has 19 heavy (non-hydrogen) atoms. The summed E-state index contributed by atoms with van der Waals surface area (Å²) in [5, 5.41) is 0. The van der Waals surface area contributed by atoms with E-state index in [-0.39, 0.29) is 0 Å². The van der Waals surface area contributed by atoms with E-state index in [0.717, 1.165) is 31.0 Å². The van der Waals surface area contributed by atoms with Crippen molar-refractivity contribution >= 4 is 11.6 Å². The van der Waals surface area contributed by atoms with Crippen molar-refractivity contribution in [2.24, 2.45) is 11.8 Å². The van der Waals surface area contributed by atoms with Gasteiger partial charge in [0, 0.05) is 25.1 Å². The molecule has 0 bridgehead atoms. The number of nitrogens with zero attached hydrogens (tertiary/aromatic N) is 3. The highest BCUT2D eigenvalue weighted by Crippen LogP contribution is 2.30. The molecule has 1 fully saturated rings. The van der Waals surface area contributed by atoms with Crippen LogP contribution in [0.2, 0.25) is 0 Å². The van der Waals surface area contributed by atoms with Crippen LogP contribution in [0.15, 0.2) is 6.07 Å². The van der Waals surface area contributed by atoms with Crippen LogP contribution >= 0.6 is 0 Å². The highest BCUT2D eigenvalue weighted by molar-refractivity contribution is 5.48. The fourth-order valence-corrected chi connectivity index (χ4v) is 3.00. The fraction of sp³-hybridized carbons (Fsp3) is 0.733. The number of nitrogens with two attached hydrogens (primary N) is 1. The second-order valence-corrected chi connectivity index (χ2v) is 6.03. The standard InChI is InChI=1S/C15H26N4/c1-5-6-14-17-13(16)8-15(18-14)19-9-10(2)7-11(3)12(19)4/h8,10-12H,5-7,9H2,1-4H3,(H2,16,17,18). The van der Waals surface area contributed by atoms with E-state index in [2.05, 4.69) is 37.6 Å². The molecule has 2 heterocycles. The molecule has 0 aliphatic carbocycles. The highest BCUT2D eigenvalue weighted by Gasteiger charge is 2.29. The van der Waals surface area contributed by atoms with Crippen LogP contribution in [0, 0.1) is 11.8 Å². The Morgan fingerprint density at radius 2 is 2.05 bits per heavy atom. The van der Waals surface area contributed by atoms with Crippen molar-refractivity contribution in [3.05, 3.63) is 11.9 Å². The summed E-state index contributed by atoms with van der Waals surface area (Å²) in [6.07, 6.45) is 3.23. The van der Waals surface area contributed by atoms with E-state index in [9.17, 15) is 0 Å². The molecule has 0 aromatic carbocycles. The SMILES string of the molecule is CCCc1nc(N)cc(N2CC(C)CC(C)C2C)n1. The molecule has 0 saturated carbocycles. The number of aromatic nitrogens is 2. The topological polar surface area (TPSA) is 55.0 Å². The number of aryl methyl sites for hydroxylation is 1. The molecular formula is C15H26N4. The van der Waals surface area contributed by atoms with Gasteiger partial charge in [-0.3, -0.25) is 0 Å². The molecule has 3 atom stereocenters. The van der Waals surface area contributed by atoms with Crippen molar-refractivity contribution in [3.8, 4) is 0 Å². The predicted octanol–water partition coefficient (Wildman–Crippen LogP) is 2.88. The molecule has 1 saturated heterocycles. The van der Waals surface area contributed by atoms with Crippen LogP contribution in [0.1, 0.15) is 46.4 Å². The lowest BCUT2D eigenvalue weighted by atomic mass is 9.86. The monoisotopic (exact) mass is 262 g/mol. The average molecular weight is 262 g/mol. The third kappa shape index (κ3) is 3.17. The normalized spacial score (nSPS) is 27.6. The summed E-state index contributed by atoms with van der Waals surface area (Å²) in [4.78, 5) is 11.4. The van der Waals surface area contributed by atoms with Gasteiger partial charge in [0.05, 0.1) is 0 Å². The van der Waals surface area contributed by atoms with Crippen LogP contribution in [-0.2, 0) is 6.42 Å². The Balaban J connectivity index is 2.28. The zero-order valence-corrected chi connectivity index (χ0v) is 12.6. The van der Waals surface area contributed by atoms with Gasteiger partial charge < -0.3 is 10.6 Å². The molecule has 0 amide bonds. The van der Waals surface area contributed by atoms with Crippen LogP contribution in [0.3, 0.4) is 0 Å². The molecule has 0 spiro atoms.